The van der Waals surface area contributed by atoms with Crippen LogP contribution in [0.5, 0.6) is 0 Å². The molecule has 21 heavy (non-hydrogen) atoms. The topological polar surface area (TPSA) is 27.9 Å². The number of hydrogen-bond acceptors (Lipinski definition) is 3. The van der Waals surface area contributed by atoms with Gasteiger partial charge >= 0.3 is 0 Å². The Labute approximate surface area is 126 Å². The smallest absolute Gasteiger partial charge is 0.201 e. The summed E-state index contributed by atoms with van der Waals surface area (Å²) < 4.78 is 17.2. The van der Waals surface area contributed by atoms with Crippen LogP contribution in [0.4, 0.5) is 10.1 Å². The van der Waals surface area contributed by atoms with Crippen molar-refractivity contribution in [2.45, 2.75) is 6.92 Å². The summed E-state index contributed by atoms with van der Waals surface area (Å²) in [6.07, 6.45) is 0. The zero-order valence-electron chi connectivity index (χ0n) is 12.5. The predicted octanol–water partition coefficient (Wildman–Crippen LogP) is 2.92. The van der Waals surface area contributed by atoms with Crippen LogP contribution in [0.15, 0.2) is 24.3 Å². The first kappa shape index (κ1) is 13.9. The SMILES string of the molecule is CNc1c(C)cc2nc3ccc(=[N+](C)C)cc-3sc2c1F. The van der Waals surface area contributed by atoms with E-state index in [1.54, 1.807) is 7.05 Å². The average molecular weight is 302 g/mol. The summed E-state index contributed by atoms with van der Waals surface area (Å²) in [5.41, 5.74) is 3.02. The van der Waals surface area contributed by atoms with Gasteiger partial charge in [0, 0.05) is 19.2 Å². The van der Waals surface area contributed by atoms with Crippen molar-refractivity contribution >= 4 is 27.2 Å². The van der Waals surface area contributed by atoms with Gasteiger partial charge in [0.1, 0.15) is 14.1 Å². The molecule has 0 saturated heterocycles. The lowest BCUT2D eigenvalue weighted by Gasteiger charge is -2.11. The number of rotatable bonds is 1. The number of anilines is 1. The second-order valence-corrected chi connectivity index (χ2v) is 6.29. The van der Waals surface area contributed by atoms with Crippen LogP contribution < -0.4 is 15.2 Å². The molecule has 0 saturated carbocycles. The molecule has 3 nitrogen and oxygen atoms in total. The molecular weight excluding hydrogens is 285 g/mol. The highest BCUT2D eigenvalue weighted by Gasteiger charge is 2.15. The Morgan fingerprint density at radius 3 is 2.67 bits per heavy atom. The number of halogens is 1. The summed E-state index contributed by atoms with van der Waals surface area (Å²) in [6, 6.07) is 7.99. The highest BCUT2D eigenvalue weighted by atomic mass is 32.1. The summed E-state index contributed by atoms with van der Waals surface area (Å²) in [4.78, 5) is 5.58. The van der Waals surface area contributed by atoms with Crippen LogP contribution in [0.1, 0.15) is 5.56 Å². The van der Waals surface area contributed by atoms with Gasteiger partial charge in [0.15, 0.2) is 5.82 Å². The van der Waals surface area contributed by atoms with Gasteiger partial charge in [-0.25, -0.2) is 13.9 Å². The van der Waals surface area contributed by atoms with E-state index in [2.05, 4.69) is 10.3 Å². The second-order valence-electron chi connectivity index (χ2n) is 5.24. The van der Waals surface area contributed by atoms with E-state index in [0.717, 1.165) is 21.5 Å². The van der Waals surface area contributed by atoms with Crippen molar-refractivity contribution in [3.8, 4) is 10.6 Å². The number of nitrogens with zero attached hydrogens (tertiary/aromatic N) is 2. The zero-order valence-corrected chi connectivity index (χ0v) is 13.3. The number of hydrogen-bond donors (Lipinski definition) is 1. The van der Waals surface area contributed by atoms with E-state index in [4.69, 9.17) is 0 Å². The van der Waals surface area contributed by atoms with E-state index >= 15 is 0 Å². The molecule has 0 bridgehead atoms. The van der Waals surface area contributed by atoms with Crippen molar-refractivity contribution in [3.05, 3.63) is 41.0 Å². The van der Waals surface area contributed by atoms with Crippen LogP contribution in [0, 0.1) is 12.7 Å². The molecule has 1 N–H and O–H groups in total. The van der Waals surface area contributed by atoms with Crippen LogP contribution in [-0.2, 0) is 0 Å². The van der Waals surface area contributed by atoms with Gasteiger partial charge in [-0.1, -0.05) is 0 Å². The molecule has 0 aromatic heterocycles. The number of nitrogens with one attached hydrogen (secondary N) is 1. The second kappa shape index (κ2) is 5.07. The van der Waals surface area contributed by atoms with Crippen molar-refractivity contribution in [2.75, 3.05) is 26.5 Å². The number of benzene rings is 2. The summed E-state index contributed by atoms with van der Waals surface area (Å²) in [7, 11) is 5.72. The minimum atomic E-state index is -0.220. The van der Waals surface area contributed by atoms with Gasteiger partial charge in [-0.15, -0.1) is 11.3 Å². The molecule has 1 aromatic carbocycles. The van der Waals surface area contributed by atoms with Gasteiger partial charge in [0.2, 0.25) is 5.36 Å². The Bertz CT molecular complexity index is 879. The summed E-state index contributed by atoms with van der Waals surface area (Å²) in [5, 5.41) is 4.01. The zero-order chi connectivity index (χ0) is 15.1. The maximum absolute atomic E-state index is 14.6. The average Bonchev–Trinajstić information content (AvgIpc) is 2.45. The Morgan fingerprint density at radius 2 is 2.00 bits per heavy atom. The molecule has 3 rings (SSSR count). The minimum absolute atomic E-state index is 0.220. The lowest BCUT2D eigenvalue weighted by Crippen LogP contribution is -2.21. The summed E-state index contributed by atoms with van der Waals surface area (Å²) >= 11 is 1.44. The number of aryl methyl sites for hydroxylation is 1. The van der Waals surface area contributed by atoms with Crippen LogP contribution in [0.25, 0.3) is 20.8 Å². The Morgan fingerprint density at radius 1 is 1.24 bits per heavy atom. The fourth-order valence-electron chi connectivity index (χ4n) is 2.42. The lowest BCUT2D eigenvalue weighted by atomic mass is 10.1. The number of aromatic nitrogens is 1. The molecular formula is C16H17FN3S+. The molecule has 0 unspecified atom stereocenters. The fourth-order valence-corrected chi connectivity index (χ4v) is 3.44. The molecule has 0 spiro atoms. The minimum Gasteiger partial charge on any atom is -0.385 e. The quantitative estimate of drug-likeness (QED) is 0.553. The van der Waals surface area contributed by atoms with Gasteiger partial charge in [-0.05, 0) is 24.6 Å². The largest absolute Gasteiger partial charge is 0.385 e. The normalized spacial score (nSPS) is 11.1. The van der Waals surface area contributed by atoms with Gasteiger partial charge < -0.3 is 5.32 Å². The first-order valence-corrected chi connectivity index (χ1v) is 7.54. The van der Waals surface area contributed by atoms with E-state index in [1.807, 2.05) is 49.9 Å². The van der Waals surface area contributed by atoms with Crippen LogP contribution in [0.2, 0.25) is 0 Å². The van der Waals surface area contributed by atoms with E-state index < -0.39 is 0 Å². The van der Waals surface area contributed by atoms with Gasteiger partial charge in [-0.3, -0.25) is 0 Å². The monoisotopic (exact) mass is 302 g/mol. The van der Waals surface area contributed by atoms with Crippen molar-refractivity contribution < 1.29 is 4.39 Å². The van der Waals surface area contributed by atoms with E-state index in [1.165, 1.54) is 11.3 Å². The highest BCUT2D eigenvalue weighted by molar-refractivity contribution is 7.21. The predicted molar refractivity (Wildman–Crippen MR) is 87.6 cm³/mol. The first-order chi connectivity index (χ1) is 10.0. The number of fused-ring (bicyclic) bond motifs is 2. The van der Waals surface area contributed by atoms with Gasteiger partial charge in [0.05, 0.1) is 26.5 Å². The van der Waals surface area contributed by atoms with Crippen molar-refractivity contribution in [2.24, 2.45) is 0 Å². The molecule has 1 aromatic rings. The third-order valence-corrected chi connectivity index (χ3v) is 4.70. The molecule has 1 heterocycles. The molecule has 108 valence electrons. The summed E-state index contributed by atoms with van der Waals surface area (Å²) in [6.45, 7) is 1.89. The molecule has 0 radical (unpaired) electrons. The maximum atomic E-state index is 14.6. The molecule has 1 aliphatic carbocycles. The van der Waals surface area contributed by atoms with E-state index in [9.17, 15) is 4.39 Å². The Hall–Kier alpha value is -2.01. The molecule has 0 fully saturated rings. The highest BCUT2D eigenvalue weighted by Crippen LogP contribution is 2.35. The fraction of sp³-hybridized carbons (Fsp3) is 0.250. The van der Waals surface area contributed by atoms with Crippen molar-refractivity contribution in [1.29, 1.82) is 0 Å². The van der Waals surface area contributed by atoms with Crippen LogP contribution >= 0.6 is 11.3 Å². The maximum Gasteiger partial charge on any atom is 0.201 e. The molecule has 0 atom stereocenters. The standard InChI is InChI=1S/C16H16FN3S/c1-9-7-12-16(14(17)15(9)18-2)21-13-8-10(20(3)4)5-6-11(13)19-12/h5-8H,1-4H3/p+1. The van der Waals surface area contributed by atoms with Gasteiger partial charge in [-0.2, -0.15) is 0 Å². The van der Waals surface area contributed by atoms with E-state index in [0.29, 0.717) is 15.9 Å². The molecule has 1 aliphatic heterocycles. The van der Waals surface area contributed by atoms with Crippen molar-refractivity contribution in [3.63, 3.8) is 0 Å². The molecule has 0 amide bonds. The first-order valence-electron chi connectivity index (χ1n) is 6.73. The third-order valence-electron chi connectivity index (χ3n) is 3.56. The van der Waals surface area contributed by atoms with Crippen molar-refractivity contribution in [1.82, 2.24) is 9.56 Å². The summed E-state index contributed by atoms with van der Waals surface area (Å²) in [5.74, 6) is -0.220. The Balaban J connectivity index is 2.43. The van der Waals surface area contributed by atoms with Crippen LogP contribution in [-0.4, -0.2) is 26.1 Å². The van der Waals surface area contributed by atoms with Gasteiger partial charge in [0.25, 0.3) is 0 Å². The van der Waals surface area contributed by atoms with Crippen LogP contribution in [0.3, 0.4) is 0 Å². The third kappa shape index (κ3) is 2.27. The molecule has 2 aliphatic rings. The van der Waals surface area contributed by atoms with E-state index in [-0.39, 0.29) is 5.82 Å². The lowest BCUT2D eigenvalue weighted by molar-refractivity contribution is 0.644. The Kier molecular flexibility index (Phi) is 3.37. The molecule has 5 heteroatoms.